The number of thioether (sulfide) groups is 2. The third-order valence-electron chi connectivity index (χ3n) is 6.98. The molecule has 2 aromatic heterocycles. The summed E-state index contributed by atoms with van der Waals surface area (Å²) in [4.78, 5) is 64.9. The maximum Gasteiger partial charge on any atom is 0.385 e. The molecule has 1 saturated heterocycles. The summed E-state index contributed by atoms with van der Waals surface area (Å²) in [7, 11) is 0. The molecule has 1 fully saturated rings. The maximum atomic E-state index is 13.3. The lowest BCUT2D eigenvalue weighted by atomic mass is 10.0. The van der Waals surface area contributed by atoms with Crippen molar-refractivity contribution in [3.8, 4) is 0 Å². The van der Waals surface area contributed by atoms with E-state index in [0.29, 0.717) is 16.5 Å². The minimum Gasteiger partial charge on any atom is -0.478 e. The van der Waals surface area contributed by atoms with Gasteiger partial charge in [0.1, 0.15) is 28.5 Å². The van der Waals surface area contributed by atoms with Crippen molar-refractivity contribution in [3.05, 3.63) is 33.6 Å². The molecule has 0 radical (unpaired) electrons. The molecule has 16 nitrogen and oxygen atoms in total. The number of aromatic nitrogens is 3. The quantitative estimate of drug-likeness (QED) is 0.0354. The molecule has 0 bridgehead atoms. The SMILES string of the molecule is CC(C)(O/N=C(\C(=O)NC1C(=O)N2C(C(=O)O)=C(CSc3nc(N)c4c([n+]3N)CCC4)CSC12)c1csc(N)n1)C(=O)O. The number of hydrogen-bond donors (Lipinski definition) is 6. The average molecular weight is 651 g/mol. The molecule has 1 aliphatic carbocycles. The Morgan fingerprint density at radius 2 is 2.02 bits per heavy atom. The van der Waals surface area contributed by atoms with Gasteiger partial charge in [-0.05, 0) is 49.0 Å². The Bertz CT molecular complexity index is 1610. The molecule has 0 saturated carbocycles. The van der Waals surface area contributed by atoms with Crippen molar-refractivity contribution in [2.24, 2.45) is 5.16 Å². The second-order valence-corrected chi connectivity index (χ2v) is 13.2. The van der Waals surface area contributed by atoms with E-state index in [2.05, 4.69) is 20.4 Å². The van der Waals surface area contributed by atoms with E-state index in [-0.39, 0.29) is 28.0 Å². The van der Waals surface area contributed by atoms with Crippen LogP contribution >= 0.6 is 34.9 Å². The largest absolute Gasteiger partial charge is 0.478 e. The highest BCUT2D eigenvalue weighted by Crippen LogP contribution is 2.41. The molecule has 3 aliphatic rings. The van der Waals surface area contributed by atoms with E-state index < -0.39 is 46.5 Å². The van der Waals surface area contributed by atoms with Gasteiger partial charge >= 0.3 is 17.1 Å². The van der Waals surface area contributed by atoms with Crippen LogP contribution < -0.4 is 27.3 Å². The smallest absolute Gasteiger partial charge is 0.385 e. The van der Waals surface area contributed by atoms with Crippen LogP contribution in [0.3, 0.4) is 0 Å². The molecule has 2 aromatic rings. The lowest BCUT2D eigenvalue weighted by Crippen LogP contribution is -2.71. The molecular weight excluding hydrogens is 623 g/mol. The number of nitrogens with zero attached hydrogens (tertiary/aromatic N) is 5. The van der Waals surface area contributed by atoms with Crippen LogP contribution in [0.5, 0.6) is 0 Å². The van der Waals surface area contributed by atoms with Crippen LogP contribution in [0.1, 0.15) is 37.2 Å². The first-order valence-corrected chi connectivity index (χ1v) is 15.7. The van der Waals surface area contributed by atoms with E-state index in [1.165, 1.54) is 47.4 Å². The number of oxime groups is 1. The molecule has 4 heterocycles. The molecule has 19 heteroatoms. The normalized spacial score (nSPS) is 19.9. The summed E-state index contributed by atoms with van der Waals surface area (Å²) in [5.74, 6) is 3.01. The van der Waals surface area contributed by atoms with Gasteiger partial charge in [-0.2, -0.15) is 0 Å². The number of carbonyl (C=O) groups is 4. The molecule has 228 valence electrons. The number of carbonyl (C=O) groups excluding carboxylic acids is 2. The Kier molecular flexibility index (Phi) is 8.14. The van der Waals surface area contributed by atoms with Crippen LogP contribution in [0.2, 0.25) is 0 Å². The Morgan fingerprint density at radius 3 is 2.67 bits per heavy atom. The number of amides is 2. The number of hydrogen-bond acceptors (Lipinski definition) is 14. The van der Waals surface area contributed by atoms with Crippen LogP contribution in [-0.2, 0) is 36.9 Å². The summed E-state index contributed by atoms with van der Waals surface area (Å²) in [5, 5.41) is 26.9. The van der Waals surface area contributed by atoms with E-state index in [4.69, 9.17) is 22.1 Å². The van der Waals surface area contributed by atoms with Crippen LogP contribution in [0.25, 0.3) is 0 Å². The Morgan fingerprint density at radius 1 is 1.28 bits per heavy atom. The van der Waals surface area contributed by atoms with Gasteiger partial charge in [0.25, 0.3) is 11.8 Å². The number of β-lactam (4-membered cyclic amide) rings is 1. The summed E-state index contributed by atoms with van der Waals surface area (Å²) >= 11 is 3.53. The lowest BCUT2D eigenvalue weighted by Gasteiger charge is -2.49. The highest BCUT2D eigenvalue weighted by atomic mass is 32.2. The van der Waals surface area contributed by atoms with Crippen molar-refractivity contribution in [1.29, 1.82) is 0 Å². The van der Waals surface area contributed by atoms with Gasteiger partial charge in [0.05, 0.1) is 5.56 Å². The lowest BCUT2D eigenvalue weighted by molar-refractivity contribution is -0.689. The zero-order valence-corrected chi connectivity index (χ0v) is 25.3. The van der Waals surface area contributed by atoms with Gasteiger partial charge in [0.15, 0.2) is 10.8 Å². The number of thiazole rings is 1. The molecule has 0 spiro atoms. The molecule has 43 heavy (non-hydrogen) atoms. The fraction of sp³-hybridized carbons (Fsp3) is 0.417. The fourth-order valence-electron chi connectivity index (χ4n) is 4.67. The topological polar surface area (TPSA) is 253 Å². The van der Waals surface area contributed by atoms with Crippen molar-refractivity contribution in [2.75, 3.05) is 28.8 Å². The Labute approximate surface area is 256 Å². The summed E-state index contributed by atoms with van der Waals surface area (Å²) in [6, 6.07) is -1.08. The van der Waals surface area contributed by atoms with Crippen LogP contribution in [0.4, 0.5) is 10.9 Å². The average Bonchev–Trinajstić information content (AvgIpc) is 3.62. The number of nitrogens with one attached hydrogen (secondary N) is 1. The van der Waals surface area contributed by atoms with Gasteiger partial charge in [-0.3, -0.25) is 20.3 Å². The monoisotopic (exact) mass is 650 g/mol. The minimum atomic E-state index is -1.77. The summed E-state index contributed by atoms with van der Waals surface area (Å²) in [6.07, 6.45) is 2.50. The van der Waals surface area contributed by atoms with Gasteiger partial charge in [0.2, 0.25) is 11.4 Å². The third kappa shape index (κ3) is 5.66. The zero-order valence-electron chi connectivity index (χ0n) is 22.9. The number of rotatable bonds is 10. The van der Waals surface area contributed by atoms with E-state index in [9.17, 15) is 29.4 Å². The van der Waals surface area contributed by atoms with Gasteiger partial charge in [0, 0.05) is 23.3 Å². The number of nitrogens with two attached hydrogens (primary N) is 3. The summed E-state index contributed by atoms with van der Waals surface area (Å²) in [5.41, 5.74) is 11.8. The Balaban J connectivity index is 1.33. The van der Waals surface area contributed by atoms with Crippen molar-refractivity contribution in [1.82, 2.24) is 20.2 Å². The number of fused-ring (bicyclic) bond motifs is 2. The first-order chi connectivity index (χ1) is 20.3. The second kappa shape index (κ2) is 11.5. The van der Waals surface area contributed by atoms with E-state index in [0.717, 1.165) is 46.8 Å². The highest BCUT2D eigenvalue weighted by Gasteiger charge is 2.54. The maximum absolute atomic E-state index is 13.3. The number of carboxylic acids is 2. The molecule has 2 atom stereocenters. The molecule has 9 N–H and O–H groups in total. The number of aliphatic carboxylic acids is 2. The molecule has 2 aliphatic heterocycles. The predicted octanol–water partition coefficient (Wildman–Crippen LogP) is -0.693. The van der Waals surface area contributed by atoms with Crippen LogP contribution in [-0.4, -0.2) is 83.1 Å². The van der Waals surface area contributed by atoms with E-state index in [1.54, 1.807) is 0 Å². The third-order valence-corrected chi connectivity index (χ3v) is 10.0. The highest BCUT2D eigenvalue weighted by molar-refractivity contribution is 8.01. The molecule has 2 amide bonds. The molecular formula is C24H28N9O7S3+. The van der Waals surface area contributed by atoms with Crippen molar-refractivity contribution < 1.29 is 38.9 Å². The van der Waals surface area contributed by atoms with Crippen molar-refractivity contribution >= 4 is 75.3 Å². The molecule has 0 aromatic carbocycles. The van der Waals surface area contributed by atoms with Crippen molar-refractivity contribution in [2.45, 2.75) is 55.3 Å². The fourth-order valence-corrected chi connectivity index (χ4v) is 7.64. The van der Waals surface area contributed by atoms with Gasteiger partial charge < -0.3 is 31.8 Å². The van der Waals surface area contributed by atoms with E-state index in [1.807, 2.05) is 0 Å². The van der Waals surface area contributed by atoms with E-state index >= 15 is 0 Å². The molecule has 2 unspecified atom stereocenters. The van der Waals surface area contributed by atoms with Gasteiger partial charge in [-0.1, -0.05) is 5.16 Å². The summed E-state index contributed by atoms with van der Waals surface area (Å²) in [6.45, 7) is 2.49. The predicted molar refractivity (Wildman–Crippen MR) is 157 cm³/mol. The molecule has 5 rings (SSSR count). The summed E-state index contributed by atoms with van der Waals surface area (Å²) < 4.78 is 1.49. The Hall–Kier alpha value is -4.10. The number of nitrogen functional groups attached to an aromatic ring is 3. The first kappa shape index (κ1) is 30.4. The second-order valence-electron chi connectivity index (χ2n) is 10.3. The van der Waals surface area contributed by atoms with Gasteiger partial charge in [-0.15, -0.1) is 27.8 Å². The van der Waals surface area contributed by atoms with Crippen LogP contribution in [0.15, 0.2) is 27.0 Å². The standard InChI is InChI=1S/C24H27N9O7S3/c1-24(2,21(38)39)40-31-13(11-8-42-22(26)28-11)17(34)29-14-18(35)32-15(20(36)37)9(6-41-19(14)32)7-43-23-30-16(25)10-4-3-5-12(10)33(23)27/h8,14,19,25H,3-7,27H2,1-2H3,(H5,26,28,29,34,36,37,38,39)/p+1/b31-13-. The van der Waals surface area contributed by atoms with Gasteiger partial charge in [-0.25, -0.2) is 14.6 Å². The number of carboxylic acid groups (broad SMARTS) is 2. The first-order valence-electron chi connectivity index (χ1n) is 12.8. The van der Waals surface area contributed by atoms with Crippen molar-refractivity contribution in [3.63, 3.8) is 0 Å². The number of anilines is 2. The van der Waals surface area contributed by atoms with Crippen LogP contribution in [0, 0.1) is 0 Å². The minimum absolute atomic E-state index is 0.0180. The zero-order chi connectivity index (χ0) is 31.2.